The van der Waals surface area contributed by atoms with Crippen LogP contribution in [-0.4, -0.2) is 60.3 Å². The molecule has 1 aliphatic heterocycles. The van der Waals surface area contributed by atoms with Crippen LogP contribution < -0.4 is 4.74 Å². The molecule has 1 unspecified atom stereocenters. The number of carbonyl (C=O) groups is 1. The number of ether oxygens (including phenoxy) is 3. The van der Waals surface area contributed by atoms with Gasteiger partial charge < -0.3 is 24.2 Å². The summed E-state index contributed by atoms with van der Waals surface area (Å²) in [4.78, 5) is 14.9. The summed E-state index contributed by atoms with van der Waals surface area (Å²) in [6, 6.07) is 13.9. The van der Waals surface area contributed by atoms with Crippen molar-refractivity contribution in [1.29, 1.82) is 0 Å². The number of carbonyl (C=O) groups excluding carboxylic acids is 1. The van der Waals surface area contributed by atoms with Crippen molar-refractivity contribution in [3.05, 3.63) is 65.4 Å². The van der Waals surface area contributed by atoms with Crippen molar-refractivity contribution in [2.24, 2.45) is 0 Å². The van der Waals surface area contributed by atoms with E-state index >= 15 is 0 Å². The summed E-state index contributed by atoms with van der Waals surface area (Å²) in [5.41, 5.74) is 3.46. The molecule has 0 aliphatic carbocycles. The number of hydrogen-bond donors (Lipinski definition) is 2. The van der Waals surface area contributed by atoms with Crippen LogP contribution in [0.2, 0.25) is 0 Å². The highest BCUT2D eigenvalue weighted by atomic mass is 16.7. The molecule has 2 aromatic carbocycles. The summed E-state index contributed by atoms with van der Waals surface area (Å²) < 4.78 is 15.9. The number of methoxy groups -OCH3 is 3. The van der Waals surface area contributed by atoms with Crippen LogP contribution in [0.15, 0.2) is 48.5 Å². The van der Waals surface area contributed by atoms with Gasteiger partial charge in [0.25, 0.3) is 5.91 Å². The van der Waals surface area contributed by atoms with E-state index in [9.17, 15) is 9.90 Å². The lowest BCUT2D eigenvalue weighted by atomic mass is 9.96. The zero-order valence-electron chi connectivity index (χ0n) is 17.0. The van der Waals surface area contributed by atoms with Gasteiger partial charge in [-0.05, 0) is 42.0 Å². The third-order valence-electron chi connectivity index (χ3n) is 5.28. The van der Waals surface area contributed by atoms with Crippen LogP contribution >= 0.6 is 0 Å². The molecule has 0 radical (unpaired) electrons. The average Bonchev–Trinajstić information content (AvgIpc) is 3.31. The Labute approximate surface area is 174 Å². The molecule has 1 aliphatic rings. The Bertz CT molecular complexity index is 1040. The molecular weight excluding hydrogens is 386 g/mol. The Hall–Kier alpha value is -3.36. The lowest BCUT2D eigenvalue weighted by Crippen LogP contribution is -2.38. The number of fused-ring (bicyclic) bond motifs is 1. The molecule has 0 saturated carbocycles. The quantitative estimate of drug-likeness (QED) is 0.583. The Kier molecular flexibility index (Phi) is 5.43. The highest BCUT2D eigenvalue weighted by Crippen LogP contribution is 2.43. The topological polar surface area (TPSA) is 96.9 Å². The first kappa shape index (κ1) is 19.9. The molecule has 0 saturated heterocycles. The molecule has 0 spiro atoms. The Morgan fingerprint density at radius 1 is 1.13 bits per heavy atom. The first-order valence-corrected chi connectivity index (χ1v) is 9.45. The third-order valence-corrected chi connectivity index (χ3v) is 5.28. The van der Waals surface area contributed by atoms with Gasteiger partial charge in [0.05, 0.1) is 25.4 Å². The van der Waals surface area contributed by atoms with Crippen LogP contribution in [0.5, 0.6) is 11.5 Å². The van der Waals surface area contributed by atoms with E-state index in [-0.39, 0.29) is 18.2 Å². The first-order chi connectivity index (χ1) is 14.6. The molecule has 2 N–H and O–H groups in total. The molecule has 1 amide bonds. The summed E-state index contributed by atoms with van der Waals surface area (Å²) in [5.74, 6) is 0.652. The van der Waals surface area contributed by atoms with Gasteiger partial charge in [0, 0.05) is 25.3 Å². The van der Waals surface area contributed by atoms with Crippen LogP contribution in [0.4, 0.5) is 0 Å². The highest BCUT2D eigenvalue weighted by molar-refractivity contribution is 6.00. The largest absolute Gasteiger partial charge is 0.508 e. The number of hydrogen-bond acceptors (Lipinski definition) is 6. The van der Waals surface area contributed by atoms with Gasteiger partial charge in [0.15, 0.2) is 6.29 Å². The maximum absolute atomic E-state index is 13.2. The lowest BCUT2D eigenvalue weighted by molar-refractivity contribution is -0.113. The van der Waals surface area contributed by atoms with Gasteiger partial charge in [0.1, 0.15) is 17.2 Å². The Morgan fingerprint density at radius 2 is 1.87 bits per heavy atom. The minimum Gasteiger partial charge on any atom is -0.508 e. The van der Waals surface area contributed by atoms with Gasteiger partial charge in [-0.15, -0.1) is 0 Å². The fraction of sp³-hybridized carbons (Fsp3) is 0.273. The second kappa shape index (κ2) is 8.17. The van der Waals surface area contributed by atoms with E-state index < -0.39 is 12.3 Å². The van der Waals surface area contributed by atoms with Crippen molar-refractivity contribution in [3.63, 3.8) is 0 Å². The molecule has 0 fully saturated rings. The van der Waals surface area contributed by atoms with Crippen LogP contribution in [0.1, 0.15) is 27.7 Å². The molecule has 2 heterocycles. The molecular formula is C22H23N3O5. The van der Waals surface area contributed by atoms with Crippen LogP contribution in [0, 0.1) is 0 Å². The third kappa shape index (κ3) is 3.40. The van der Waals surface area contributed by atoms with E-state index in [0.29, 0.717) is 11.4 Å². The molecule has 4 rings (SSSR count). The lowest BCUT2D eigenvalue weighted by Gasteiger charge is -2.29. The second-order valence-electron chi connectivity index (χ2n) is 6.95. The van der Waals surface area contributed by atoms with Crippen molar-refractivity contribution in [1.82, 2.24) is 15.1 Å². The monoisotopic (exact) mass is 409 g/mol. The first-order valence-electron chi connectivity index (χ1n) is 9.45. The van der Waals surface area contributed by atoms with Crippen molar-refractivity contribution in [3.8, 4) is 22.8 Å². The molecule has 1 atom stereocenters. The number of aromatic amines is 1. The summed E-state index contributed by atoms with van der Waals surface area (Å²) in [6.07, 6.45) is -0.588. The van der Waals surface area contributed by atoms with Gasteiger partial charge >= 0.3 is 0 Å². The number of benzene rings is 2. The number of aromatic hydroxyl groups is 1. The number of rotatable bonds is 7. The van der Waals surface area contributed by atoms with E-state index in [1.165, 1.54) is 14.2 Å². The highest BCUT2D eigenvalue weighted by Gasteiger charge is 2.43. The fourth-order valence-corrected chi connectivity index (χ4v) is 3.80. The normalized spacial score (nSPS) is 15.7. The Morgan fingerprint density at radius 3 is 2.50 bits per heavy atom. The van der Waals surface area contributed by atoms with Crippen molar-refractivity contribution in [2.45, 2.75) is 12.3 Å². The van der Waals surface area contributed by atoms with Gasteiger partial charge in [-0.3, -0.25) is 9.89 Å². The second-order valence-corrected chi connectivity index (χ2v) is 6.95. The minimum atomic E-state index is -0.588. The molecule has 0 bridgehead atoms. The zero-order valence-corrected chi connectivity index (χ0v) is 17.0. The van der Waals surface area contributed by atoms with Crippen molar-refractivity contribution >= 4 is 5.91 Å². The van der Waals surface area contributed by atoms with Gasteiger partial charge in [-0.2, -0.15) is 5.10 Å². The molecule has 30 heavy (non-hydrogen) atoms. The number of phenols is 1. The number of nitrogens with one attached hydrogen (secondary N) is 1. The van der Waals surface area contributed by atoms with E-state index in [1.807, 2.05) is 30.3 Å². The smallest absolute Gasteiger partial charge is 0.273 e. The molecule has 156 valence electrons. The molecule has 8 nitrogen and oxygen atoms in total. The van der Waals surface area contributed by atoms with E-state index in [2.05, 4.69) is 10.2 Å². The zero-order chi connectivity index (χ0) is 21.3. The van der Waals surface area contributed by atoms with Crippen LogP contribution in [0.25, 0.3) is 11.3 Å². The summed E-state index contributed by atoms with van der Waals surface area (Å²) in [7, 11) is 4.67. The predicted octanol–water partition coefficient (Wildman–Crippen LogP) is 2.96. The summed E-state index contributed by atoms with van der Waals surface area (Å²) >= 11 is 0. The van der Waals surface area contributed by atoms with Gasteiger partial charge in [-0.1, -0.05) is 12.1 Å². The summed E-state index contributed by atoms with van der Waals surface area (Å²) in [6.45, 7) is 0.219. The average molecular weight is 409 g/mol. The molecule has 3 aromatic rings. The van der Waals surface area contributed by atoms with Crippen LogP contribution in [0.3, 0.4) is 0 Å². The van der Waals surface area contributed by atoms with Gasteiger partial charge in [-0.25, -0.2) is 0 Å². The van der Waals surface area contributed by atoms with Gasteiger partial charge in [0.2, 0.25) is 0 Å². The maximum Gasteiger partial charge on any atom is 0.273 e. The minimum absolute atomic E-state index is 0.123. The fourth-order valence-electron chi connectivity index (χ4n) is 3.80. The Balaban J connectivity index is 1.83. The molecule has 1 aromatic heterocycles. The number of nitrogens with zero attached hydrogens (tertiary/aromatic N) is 2. The van der Waals surface area contributed by atoms with E-state index in [1.54, 1.807) is 30.2 Å². The number of amides is 1. The van der Waals surface area contributed by atoms with E-state index in [0.717, 1.165) is 22.4 Å². The number of H-pyrrole nitrogens is 1. The standard InChI is InChI=1S/C22H23N3O5/c1-28-16-9-7-13(8-10-16)19-18-20(24-23-19)22(27)25(12-17(29-2)30-3)21(18)14-5-4-6-15(26)11-14/h4-11,17,21,26H,12H2,1-3H3,(H,23,24). The maximum atomic E-state index is 13.2. The van der Waals surface area contributed by atoms with Crippen LogP contribution in [-0.2, 0) is 9.47 Å². The van der Waals surface area contributed by atoms with Crippen molar-refractivity contribution in [2.75, 3.05) is 27.9 Å². The number of aromatic nitrogens is 2. The number of phenolic OH excluding ortho intramolecular Hbond substituents is 1. The van der Waals surface area contributed by atoms with Crippen molar-refractivity contribution < 1.29 is 24.1 Å². The SMILES string of the molecule is COc1ccc(-c2n[nH]c3c2C(c2cccc(O)c2)N(CC(OC)OC)C3=O)cc1. The summed E-state index contributed by atoms with van der Waals surface area (Å²) in [5, 5.41) is 17.4. The molecule has 8 heteroatoms. The predicted molar refractivity (Wildman–Crippen MR) is 109 cm³/mol. The van der Waals surface area contributed by atoms with E-state index in [4.69, 9.17) is 14.2 Å².